The van der Waals surface area contributed by atoms with E-state index in [1.54, 1.807) is 6.07 Å². The number of phenols is 5. The van der Waals surface area contributed by atoms with E-state index < -0.39 is 28.7 Å². The third kappa shape index (κ3) is 4.03. The largest absolute Gasteiger partial charge is 0.504 e. The second kappa shape index (κ2) is 10.7. The average Bonchev–Trinajstić information content (AvgIpc) is 3.71. The molecule has 0 spiro atoms. The molecule has 1 aliphatic rings. The zero-order chi connectivity index (χ0) is 37.5. The van der Waals surface area contributed by atoms with E-state index in [-0.39, 0.29) is 11.0 Å². The van der Waals surface area contributed by atoms with Gasteiger partial charge >= 0.3 is 0 Å². The molecule has 0 bridgehead atoms. The first kappa shape index (κ1) is 31.4. The molecule has 0 atom stereocenters. The molecule has 9 aromatic carbocycles. The first-order valence-corrected chi connectivity index (χ1v) is 18.2. The standard InChI is InChI=1S/C49H32O6/c1-49(2)36-11-4-3-7-29(36)35-23-26(17-22-37(35)49)27-8-5-10-34-41-30(9-6-12-38(41)55-48(27)34)28-18-13-24-15-20-32-33(21-16-25-14-19-31(28)39(24)40(25)32)42-43(50)45(52)47(54)46(53)44(42)51/h3-23,50-54H,1-2H3. The van der Waals surface area contributed by atoms with Crippen molar-refractivity contribution in [3.63, 3.8) is 0 Å². The summed E-state index contributed by atoms with van der Waals surface area (Å²) in [6, 6.07) is 43.9. The lowest BCUT2D eigenvalue weighted by Crippen LogP contribution is -2.14. The lowest BCUT2D eigenvalue weighted by molar-refractivity contribution is 0.330. The van der Waals surface area contributed by atoms with Gasteiger partial charge in [0.05, 0.1) is 5.56 Å². The molecule has 6 nitrogen and oxygen atoms in total. The Hall–Kier alpha value is -7.18. The molecule has 55 heavy (non-hydrogen) atoms. The number of phenolic OH excluding ortho intramolecular Hbond substituents is 5. The first-order valence-electron chi connectivity index (χ1n) is 18.2. The summed E-state index contributed by atoms with van der Waals surface area (Å²) in [6.07, 6.45) is 0. The molecule has 264 valence electrons. The van der Waals surface area contributed by atoms with Crippen LogP contribution in [0.25, 0.3) is 98.8 Å². The van der Waals surface area contributed by atoms with Crippen molar-refractivity contribution in [2.24, 2.45) is 0 Å². The topological polar surface area (TPSA) is 114 Å². The molecule has 0 saturated heterocycles. The van der Waals surface area contributed by atoms with Crippen LogP contribution < -0.4 is 0 Å². The maximum atomic E-state index is 10.9. The van der Waals surface area contributed by atoms with Crippen molar-refractivity contribution in [3.05, 3.63) is 139 Å². The van der Waals surface area contributed by atoms with E-state index in [0.717, 1.165) is 71.1 Å². The molecule has 0 amide bonds. The number of fused-ring (bicyclic) bond motifs is 6. The molecular weight excluding hydrogens is 685 g/mol. The van der Waals surface area contributed by atoms with E-state index in [1.807, 2.05) is 30.3 Å². The Labute approximate surface area is 314 Å². The van der Waals surface area contributed by atoms with Crippen LogP contribution in [0.2, 0.25) is 0 Å². The monoisotopic (exact) mass is 716 g/mol. The van der Waals surface area contributed by atoms with Crippen LogP contribution in [0, 0.1) is 0 Å². The highest BCUT2D eigenvalue weighted by molar-refractivity contribution is 6.29. The number of aromatic hydroxyl groups is 5. The quantitative estimate of drug-likeness (QED) is 0.0706. The Bertz CT molecular complexity index is 3270. The maximum Gasteiger partial charge on any atom is 0.208 e. The van der Waals surface area contributed by atoms with Crippen molar-refractivity contribution < 1.29 is 29.9 Å². The second-order valence-corrected chi connectivity index (χ2v) is 15.2. The van der Waals surface area contributed by atoms with E-state index in [0.29, 0.717) is 10.9 Å². The lowest BCUT2D eigenvalue weighted by atomic mass is 9.82. The summed E-state index contributed by atoms with van der Waals surface area (Å²) < 4.78 is 6.76. The van der Waals surface area contributed by atoms with Crippen molar-refractivity contribution >= 4 is 54.3 Å². The third-order valence-corrected chi connectivity index (χ3v) is 12.0. The van der Waals surface area contributed by atoms with Gasteiger partial charge in [0.15, 0.2) is 11.5 Å². The minimum atomic E-state index is -0.990. The molecule has 1 aliphatic carbocycles. The molecule has 0 aliphatic heterocycles. The number of benzene rings is 9. The van der Waals surface area contributed by atoms with Gasteiger partial charge in [-0.25, -0.2) is 0 Å². The Morgan fingerprint density at radius 1 is 0.418 bits per heavy atom. The molecular formula is C49H32O6. The van der Waals surface area contributed by atoms with Gasteiger partial charge in [-0.1, -0.05) is 129 Å². The zero-order valence-electron chi connectivity index (χ0n) is 29.8. The van der Waals surface area contributed by atoms with Crippen molar-refractivity contribution in [1.29, 1.82) is 0 Å². The average molecular weight is 717 g/mol. The van der Waals surface area contributed by atoms with Gasteiger partial charge < -0.3 is 29.9 Å². The molecule has 1 heterocycles. The van der Waals surface area contributed by atoms with E-state index in [2.05, 4.69) is 105 Å². The van der Waals surface area contributed by atoms with Crippen LogP contribution in [0.3, 0.4) is 0 Å². The van der Waals surface area contributed by atoms with Gasteiger partial charge in [0.2, 0.25) is 17.2 Å². The Kier molecular flexibility index (Phi) is 6.10. The van der Waals surface area contributed by atoms with Gasteiger partial charge in [0, 0.05) is 21.8 Å². The Morgan fingerprint density at radius 3 is 1.75 bits per heavy atom. The highest BCUT2D eigenvalue weighted by Crippen LogP contribution is 2.57. The van der Waals surface area contributed by atoms with E-state index in [9.17, 15) is 25.5 Å². The maximum absolute atomic E-state index is 10.9. The molecule has 11 rings (SSSR count). The van der Waals surface area contributed by atoms with E-state index >= 15 is 0 Å². The zero-order valence-corrected chi connectivity index (χ0v) is 29.8. The summed E-state index contributed by atoms with van der Waals surface area (Å²) in [6.45, 7) is 4.58. The number of hydrogen-bond acceptors (Lipinski definition) is 6. The summed E-state index contributed by atoms with van der Waals surface area (Å²) >= 11 is 0. The normalized spacial score (nSPS) is 13.4. The fraction of sp³-hybridized carbons (Fsp3) is 0.0612. The molecule has 0 radical (unpaired) electrons. The van der Waals surface area contributed by atoms with Gasteiger partial charge in [0.1, 0.15) is 11.2 Å². The fourth-order valence-electron chi connectivity index (χ4n) is 9.38. The van der Waals surface area contributed by atoms with Gasteiger partial charge in [-0.2, -0.15) is 0 Å². The number of rotatable bonds is 3. The minimum absolute atomic E-state index is 0.0754. The van der Waals surface area contributed by atoms with Crippen molar-refractivity contribution in [1.82, 2.24) is 0 Å². The van der Waals surface area contributed by atoms with Crippen molar-refractivity contribution in [3.8, 4) is 73.3 Å². The Balaban J connectivity index is 1.13. The van der Waals surface area contributed by atoms with Crippen molar-refractivity contribution in [2.45, 2.75) is 19.3 Å². The second-order valence-electron chi connectivity index (χ2n) is 15.2. The van der Waals surface area contributed by atoms with Crippen LogP contribution in [-0.4, -0.2) is 25.5 Å². The van der Waals surface area contributed by atoms with Crippen LogP contribution in [0.1, 0.15) is 25.0 Å². The smallest absolute Gasteiger partial charge is 0.208 e. The van der Waals surface area contributed by atoms with Crippen LogP contribution in [0.4, 0.5) is 0 Å². The number of para-hydroxylation sites is 1. The summed E-state index contributed by atoms with van der Waals surface area (Å²) in [5.41, 5.74) is 11.1. The highest BCUT2D eigenvalue weighted by atomic mass is 16.4. The van der Waals surface area contributed by atoms with Crippen molar-refractivity contribution in [2.75, 3.05) is 0 Å². The molecule has 0 fully saturated rings. The van der Waals surface area contributed by atoms with Gasteiger partial charge in [-0.05, 0) is 89.0 Å². The van der Waals surface area contributed by atoms with Crippen LogP contribution in [0.5, 0.6) is 28.7 Å². The molecule has 0 unspecified atom stereocenters. The highest BCUT2D eigenvalue weighted by Gasteiger charge is 2.35. The predicted octanol–water partition coefficient (Wildman–Crippen LogP) is 12.3. The SMILES string of the molecule is CC1(C)c2ccccc2-c2cc(-c3cccc4c3oc3cccc(-c5ccc6ccc7c(-c8c(O)c(O)c(O)c(O)c8O)ccc8ccc5c6c87)c34)ccc21. The first-order chi connectivity index (χ1) is 26.6. The Morgan fingerprint density at radius 2 is 1.00 bits per heavy atom. The summed E-state index contributed by atoms with van der Waals surface area (Å²) in [4.78, 5) is 0. The summed E-state index contributed by atoms with van der Waals surface area (Å²) in [5, 5.41) is 60.2. The van der Waals surface area contributed by atoms with Gasteiger partial charge in [0.25, 0.3) is 0 Å². The van der Waals surface area contributed by atoms with Gasteiger partial charge in [-0.15, -0.1) is 0 Å². The lowest BCUT2D eigenvalue weighted by Gasteiger charge is -2.21. The summed E-state index contributed by atoms with van der Waals surface area (Å²) in [7, 11) is 0. The third-order valence-electron chi connectivity index (χ3n) is 12.0. The van der Waals surface area contributed by atoms with Gasteiger partial charge in [-0.3, -0.25) is 0 Å². The van der Waals surface area contributed by atoms with E-state index in [1.165, 1.54) is 22.3 Å². The fourth-order valence-corrected chi connectivity index (χ4v) is 9.38. The summed E-state index contributed by atoms with van der Waals surface area (Å²) in [5.74, 6) is -4.26. The molecule has 6 heteroatoms. The molecule has 0 saturated carbocycles. The molecule has 5 N–H and O–H groups in total. The predicted molar refractivity (Wildman–Crippen MR) is 220 cm³/mol. The number of hydrogen-bond donors (Lipinski definition) is 5. The molecule has 10 aromatic rings. The minimum Gasteiger partial charge on any atom is -0.504 e. The molecule has 1 aromatic heterocycles. The van der Waals surface area contributed by atoms with Crippen LogP contribution >= 0.6 is 0 Å². The van der Waals surface area contributed by atoms with E-state index in [4.69, 9.17) is 4.42 Å². The van der Waals surface area contributed by atoms with Crippen LogP contribution in [-0.2, 0) is 5.41 Å². The number of furan rings is 1. The van der Waals surface area contributed by atoms with Crippen LogP contribution in [0.15, 0.2) is 132 Å².